The number of benzene rings is 2. The van der Waals surface area contributed by atoms with Gasteiger partial charge in [0.2, 0.25) is 0 Å². The smallest absolute Gasteiger partial charge is 0.251 e. The zero-order valence-electron chi connectivity index (χ0n) is 14.3. The van der Waals surface area contributed by atoms with Gasteiger partial charge in [-0.2, -0.15) is 0 Å². The molecule has 0 aromatic heterocycles. The third kappa shape index (κ3) is 3.91. The number of aliphatic hydroxyl groups excluding tert-OH is 1. The molecule has 1 aliphatic carbocycles. The molecule has 2 aromatic carbocycles. The van der Waals surface area contributed by atoms with Crippen LogP contribution in [0.25, 0.3) is 0 Å². The molecule has 0 saturated heterocycles. The van der Waals surface area contributed by atoms with Gasteiger partial charge in [0.1, 0.15) is 0 Å². The van der Waals surface area contributed by atoms with E-state index in [1.807, 2.05) is 36.4 Å². The van der Waals surface area contributed by atoms with Crippen LogP contribution in [0.3, 0.4) is 0 Å². The molecule has 3 N–H and O–H groups in total. The van der Waals surface area contributed by atoms with Crippen molar-refractivity contribution in [3.05, 3.63) is 71.8 Å². The first-order chi connectivity index (χ1) is 12.1. The first kappa shape index (κ1) is 17.6. The second kappa shape index (κ2) is 7.38. The molecule has 4 nitrogen and oxygen atoms in total. The van der Waals surface area contributed by atoms with E-state index >= 15 is 0 Å². The average molecular weight is 339 g/mol. The molecule has 0 heterocycles. The van der Waals surface area contributed by atoms with Crippen molar-refractivity contribution in [3.63, 3.8) is 0 Å². The molecule has 0 aliphatic heterocycles. The highest BCUT2D eigenvalue weighted by Crippen LogP contribution is 2.42. The molecule has 0 radical (unpaired) electrons. The summed E-state index contributed by atoms with van der Waals surface area (Å²) in [4.78, 5) is 12.4. The highest BCUT2D eigenvalue weighted by molar-refractivity contribution is 5.94. The van der Waals surface area contributed by atoms with E-state index in [1.165, 1.54) is 5.56 Å². The van der Waals surface area contributed by atoms with Crippen LogP contribution in [-0.4, -0.2) is 34.9 Å². The Kier molecular flexibility index (Phi) is 5.21. The fraction of sp³-hybridized carbons (Fsp3) is 0.381. The maximum atomic E-state index is 12.4. The van der Waals surface area contributed by atoms with Gasteiger partial charge in [-0.25, -0.2) is 0 Å². The van der Waals surface area contributed by atoms with Crippen LogP contribution in [0.4, 0.5) is 0 Å². The molecule has 0 atom stereocenters. The molecule has 2 aromatic rings. The maximum absolute atomic E-state index is 12.4. The van der Waals surface area contributed by atoms with E-state index < -0.39 is 5.60 Å². The molecule has 132 valence electrons. The van der Waals surface area contributed by atoms with E-state index in [1.54, 1.807) is 12.1 Å². The van der Waals surface area contributed by atoms with Gasteiger partial charge in [0.25, 0.3) is 5.91 Å². The largest absolute Gasteiger partial charge is 0.393 e. The number of carbonyl (C=O) groups excluding carboxylic acids is 1. The van der Waals surface area contributed by atoms with E-state index in [2.05, 4.69) is 17.4 Å². The van der Waals surface area contributed by atoms with Gasteiger partial charge >= 0.3 is 0 Å². The number of nitrogens with one attached hydrogen (secondary N) is 1. The number of aliphatic hydroxyl groups is 2. The minimum atomic E-state index is -0.998. The van der Waals surface area contributed by atoms with Crippen LogP contribution in [-0.2, 0) is 5.41 Å². The summed E-state index contributed by atoms with van der Waals surface area (Å²) in [6, 6.07) is 19.3. The van der Waals surface area contributed by atoms with Crippen molar-refractivity contribution in [1.29, 1.82) is 0 Å². The molecule has 1 amide bonds. The van der Waals surface area contributed by atoms with Crippen LogP contribution in [0.5, 0.6) is 0 Å². The Morgan fingerprint density at radius 3 is 2.04 bits per heavy atom. The predicted octanol–water partition coefficient (Wildman–Crippen LogP) is 2.65. The molecule has 3 rings (SSSR count). The van der Waals surface area contributed by atoms with Gasteiger partial charge in [-0.3, -0.25) is 4.79 Å². The van der Waals surface area contributed by atoms with Crippen LogP contribution in [0.2, 0.25) is 0 Å². The van der Waals surface area contributed by atoms with E-state index in [-0.39, 0.29) is 17.9 Å². The molecule has 0 bridgehead atoms. The standard InChI is InChI=1S/C21H25NO3/c23-16-21(25)13-11-20(12-14-21,18-9-5-2-6-10-18)15-22-19(24)17-7-3-1-4-8-17/h1-10,23,25H,11-16H2,(H,22,24). The molecular weight excluding hydrogens is 314 g/mol. The quantitative estimate of drug-likeness (QED) is 0.784. The Balaban J connectivity index is 1.78. The summed E-state index contributed by atoms with van der Waals surface area (Å²) in [6.45, 7) is 0.306. The number of hydrogen-bond donors (Lipinski definition) is 3. The molecule has 1 fully saturated rings. The number of amides is 1. The van der Waals surface area contributed by atoms with E-state index in [0.29, 0.717) is 24.9 Å². The highest BCUT2D eigenvalue weighted by Gasteiger charge is 2.42. The van der Waals surface area contributed by atoms with Crippen LogP contribution in [0.1, 0.15) is 41.6 Å². The molecule has 4 heteroatoms. The van der Waals surface area contributed by atoms with Gasteiger partial charge in [0, 0.05) is 17.5 Å². The molecule has 0 unspecified atom stereocenters. The fourth-order valence-electron chi connectivity index (χ4n) is 3.65. The lowest BCUT2D eigenvalue weighted by Gasteiger charge is -2.44. The SMILES string of the molecule is O=C(NCC1(c2ccccc2)CCC(O)(CO)CC1)c1ccccc1. The summed E-state index contributed by atoms with van der Waals surface area (Å²) in [5, 5.41) is 22.9. The van der Waals surface area contributed by atoms with Crippen molar-refractivity contribution >= 4 is 5.91 Å². The van der Waals surface area contributed by atoms with Gasteiger partial charge in [-0.1, -0.05) is 48.5 Å². The zero-order valence-corrected chi connectivity index (χ0v) is 14.3. The molecular formula is C21H25NO3. The lowest BCUT2D eigenvalue weighted by Crippen LogP contribution is -2.48. The Hall–Kier alpha value is -2.17. The number of carbonyl (C=O) groups is 1. The first-order valence-electron chi connectivity index (χ1n) is 8.79. The Bertz CT molecular complexity index is 692. The lowest BCUT2D eigenvalue weighted by molar-refractivity contribution is -0.0565. The molecule has 1 saturated carbocycles. The van der Waals surface area contributed by atoms with Gasteiger partial charge in [0.05, 0.1) is 12.2 Å². The Labute approximate surface area is 148 Å². The predicted molar refractivity (Wildman–Crippen MR) is 97.4 cm³/mol. The monoisotopic (exact) mass is 339 g/mol. The van der Waals surface area contributed by atoms with Crippen molar-refractivity contribution < 1.29 is 15.0 Å². The van der Waals surface area contributed by atoms with Crippen molar-refractivity contribution in [2.45, 2.75) is 36.7 Å². The third-order valence-electron chi connectivity index (χ3n) is 5.44. The van der Waals surface area contributed by atoms with Crippen molar-refractivity contribution in [1.82, 2.24) is 5.32 Å². The van der Waals surface area contributed by atoms with Crippen molar-refractivity contribution in [2.24, 2.45) is 0 Å². The normalized spacial score (nSPS) is 26.2. The highest BCUT2D eigenvalue weighted by atomic mass is 16.3. The van der Waals surface area contributed by atoms with E-state index in [9.17, 15) is 15.0 Å². The lowest BCUT2D eigenvalue weighted by atomic mass is 9.65. The third-order valence-corrected chi connectivity index (χ3v) is 5.44. The van der Waals surface area contributed by atoms with Gasteiger partial charge in [-0.05, 0) is 43.4 Å². The second-order valence-electron chi connectivity index (χ2n) is 7.08. The van der Waals surface area contributed by atoms with Crippen LogP contribution in [0, 0.1) is 0 Å². The average Bonchev–Trinajstić information content (AvgIpc) is 2.69. The van der Waals surface area contributed by atoms with Crippen molar-refractivity contribution in [3.8, 4) is 0 Å². The zero-order chi connectivity index (χ0) is 17.8. The fourth-order valence-corrected chi connectivity index (χ4v) is 3.65. The summed E-state index contributed by atoms with van der Waals surface area (Å²) in [7, 11) is 0. The van der Waals surface area contributed by atoms with Crippen LogP contribution < -0.4 is 5.32 Å². The first-order valence-corrected chi connectivity index (χ1v) is 8.79. The van der Waals surface area contributed by atoms with Crippen molar-refractivity contribution in [2.75, 3.05) is 13.2 Å². The van der Waals surface area contributed by atoms with Gasteiger partial charge in [0.15, 0.2) is 0 Å². The molecule has 25 heavy (non-hydrogen) atoms. The molecule has 0 spiro atoms. The Morgan fingerprint density at radius 1 is 0.920 bits per heavy atom. The number of rotatable bonds is 5. The summed E-state index contributed by atoms with van der Waals surface area (Å²) in [5.41, 5.74) is 0.603. The van der Waals surface area contributed by atoms with Gasteiger partial charge < -0.3 is 15.5 Å². The van der Waals surface area contributed by atoms with E-state index in [4.69, 9.17) is 0 Å². The second-order valence-corrected chi connectivity index (χ2v) is 7.08. The number of hydrogen-bond acceptors (Lipinski definition) is 3. The topological polar surface area (TPSA) is 69.6 Å². The summed E-state index contributed by atoms with van der Waals surface area (Å²) in [6.07, 6.45) is 2.51. The van der Waals surface area contributed by atoms with E-state index in [0.717, 1.165) is 12.8 Å². The summed E-state index contributed by atoms with van der Waals surface area (Å²) >= 11 is 0. The van der Waals surface area contributed by atoms with Crippen LogP contribution >= 0.6 is 0 Å². The minimum Gasteiger partial charge on any atom is -0.393 e. The minimum absolute atomic E-state index is 0.0844. The summed E-state index contributed by atoms with van der Waals surface area (Å²) in [5.74, 6) is -0.0844. The molecule has 1 aliphatic rings. The summed E-state index contributed by atoms with van der Waals surface area (Å²) < 4.78 is 0. The van der Waals surface area contributed by atoms with Crippen LogP contribution in [0.15, 0.2) is 60.7 Å². The van der Waals surface area contributed by atoms with Gasteiger partial charge in [-0.15, -0.1) is 0 Å². The maximum Gasteiger partial charge on any atom is 0.251 e. The Morgan fingerprint density at radius 2 is 1.48 bits per heavy atom.